The second-order valence-electron chi connectivity index (χ2n) is 2.72. The number of rotatable bonds is 2. The zero-order chi connectivity index (χ0) is 7.94. The fraction of sp³-hybridized carbons (Fsp3) is 0.556. The predicted molar refractivity (Wildman–Crippen MR) is 48.4 cm³/mol. The molecule has 0 aromatic heterocycles. The highest BCUT2D eigenvalue weighted by Gasteiger charge is 2.01. The molecule has 1 aliphatic rings. The molecule has 0 aromatic rings. The van der Waals surface area contributed by atoms with Crippen LogP contribution in [-0.2, 0) is 0 Å². The topological polar surface area (TPSA) is 15.3 Å². The molecule has 0 radical (unpaired) electrons. The van der Waals surface area contributed by atoms with E-state index in [9.17, 15) is 0 Å². The first kappa shape index (κ1) is 8.34. The van der Waals surface area contributed by atoms with E-state index in [1.165, 1.54) is 6.42 Å². The van der Waals surface area contributed by atoms with Crippen LogP contribution in [0.15, 0.2) is 24.9 Å². The van der Waals surface area contributed by atoms with Gasteiger partial charge in [-0.25, -0.2) is 0 Å². The van der Waals surface area contributed by atoms with E-state index in [0.717, 1.165) is 26.2 Å². The van der Waals surface area contributed by atoms with Crippen molar-refractivity contribution >= 4 is 0 Å². The van der Waals surface area contributed by atoms with Crippen LogP contribution in [0.2, 0.25) is 0 Å². The van der Waals surface area contributed by atoms with Gasteiger partial charge in [-0.3, -0.25) is 0 Å². The lowest BCUT2D eigenvalue weighted by molar-refractivity contribution is 0.402. The van der Waals surface area contributed by atoms with E-state index in [1.807, 2.05) is 12.2 Å². The van der Waals surface area contributed by atoms with E-state index in [4.69, 9.17) is 0 Å². The third-order valence-electron chi connectivity index (χ3n) is 1.81. The molecule has 1 aliphatic heterocycles. The van der Waals surface area contributed by atoms with Crippen molar-refractivity contribution in [3.63, 3.8) is 0 Å². The summed E-state index contributed by atoms with van der Waals surface area (Å²) in [5.41, 5.74) is 0. The Hall–Kier alpha value is -0.760. The zero-order valence-electron chi connectivity index (χ0n) is 6.92. The summed E-state index contributed by atoms with van der Waals surface area (Å²) in [4.78, 5) is 2.32. The van der Waals surface area contributed by atoms with Crippen LogP contribution in [0.25, 0.3) is 0 Å². The van der Waals surface area contributed by atoms with E-state index in [1.54, 1.807) is 0 Å². The third kappa shape index (κ3) is 3.23. The van der Waals surface area contributed by atoms with Gasteiger partial charge >= 0.3 is 0 Å². The minimum absolute atomic E-state index is 1.10. The van der Waals surface area contributed by atoms with E-state index < -0.39 is 0 Å². The van der Waals surface area contributed by atoms with Gasteiger partial charge in [0, 0.05) is 19.6 Å². The Morgan fingerprint density at radius 1 is 1.27 bits per heavy atom. The largest absolute Gasteiger partial charge is 0.376 e. The number of nitrogens with one attached hydrogen (secondary N) is 1. The lowest BCUT2D eigenvalue weighted by atomic mass is 10.4. The molecule has 2 nitrogen and oxygen atoms in total. The Balaban J connectivity index is 2.30. The first-order chi connectivity index (χ1) is 5.43. The van der Waals surface area contributed by atoms with Gasteiger partial charge in [0.1, 0.15) is 0 Å². The summed E-state index contributed by atoms with van der Waals surface area (Å²) in [6.07, 6.45) is 7.16. The van der Waals surface area contributed by atoms with Crippen molar-refractivity contribution in [2.75, 3.05) is 26.2 Å². The lowest BCUT2D eigenvalue weighted by Crippen LogP contribution is -2.23. The summed E-state index contributed by atoms with van der Waals surface area (Å²) in [7, 11) is 0. The molecule has 0 spiro atoms. The van der Waals surface area contributed by atoms with Crippen LogP contribution in [0.1, 0.15) is 6.42 Å². The lowest BCUT2D eigenvalue weighted by Gasteiger charge is -2.15. The number of hydrogen-bond donors (Lipinski definition) is 1. The fourth-order valence-electron chi connectivity index (χ4n) is 1.20. The summed E-state index contributed by atoms with van der Waals surface area (Å²) in [5.74, 6) is 0. The Kier molecular flexibility index (Phi) is 3.76. The van der Waals surface area contributed by atoms with Crippen LogP contribution < -0.4 is 5.32 Å². The Labute approximate surface area is 68.6 Å². The van der Waals surface area contributed by atoms with Gasteiger partial charge in [0.05, 0.1) is 0 Å². The van der Waals surface area contributed by atoms with Crippen molar-refractivity contribution in [2.45, 2.75) is 6.42 Å². The van der Waals surface area contributed by atoms with Crippen molar-refractivity contribution in [3.8, 4) is 0 Å². The van der Waals surface area contributed by atoms with Crippen LogP contribution in [0.5, 0.6) is 0 Å². The molecule has 1 fully saturated rings. The highest BCUT2D eigenvalue weighted by Crippen LogP contribution is 1.95. The highest BCUT2D eigenvalue weighted by molar-refractivity contribution is 4.97. The number of allylic oxidation sites excluding steroid dienone is 2. The maximum Gasteiger partial charge on any atom is 0.0297 e. The van der Waals surface area contributed by atoms with Crippen LogP contribution in [0, 0.1) is 0 Å². The quantitative estimate of drug-likeness (QED) is 0.593. The molecule has 0 atom stereocenters. The maximum atomic E-state index is 3.64. The summed E-state index contributed by atoms with van der Waals surface area (Å²) in [5, 5.41) is 3.35. The molecule has 0 aromatic carbocycles. The molecule has 0 bridgehead atoms. The highest BCUT2D eigenvalue weighted by atomic mass is 15.1. The van der Waals surface area contributed by atoms with Crippen molar-refractivity contribution in [1.29, 1.82) is 0 Å². The molecule has 1 saturated heterocycles. The molecule has 1 rings (SSSR count). The Morgan fingerprint density at radius 3 is 3.00 bits per heavy atom. The summed E-state index contributed by atoms with van der Waals surface area (Å²) in [6, 6.07) is 0. The molecule has 0 aliphatic carbocycles. The van der Waals surface area contributed by atoms with E-state index in [0.29, 0.717) is 0 Å². The van der Waals surface area contributed by atoms with Crippen molar-refractivity contribution in [2.24, 2.45) is 0 Å². The molecule has 11 heavy (non-hydrogen) atoms. The van der Waals surface area contributed by atoms with Gasteiger partial charge in [-0.05, 0) is 25.2 Å². The minimum Gasteiger partial charge on any atom is -0.376 e. The predicted octanol–water partition coefficient (Wildman–Crippen LogP) is 0.981. The Bertz CT molecular complexity index is 132. The molecule has 1 N–H and O–H groups in total. The average molecular weight is 152 g/mol. The summed E-state index contributed by atoms with van der Waals surface area (Å²) in [6.45, 7) is 8.17. The van der Waals surface area contributed by atoms with Gasteiger partial charge in [0.2, 0.25) is 0 Å². The molecule has 62 valence electrons. The van der Waals surface area contributed by atoms with E-state index >= 15 is 0 Å². The fourth-order valence-corrected chi connectivity index (χ4v) is 1.20. The van der Waals surface area contributed by atoms with Gasteiger partial charge in [-0.15, -0.1) is 0 Å². The summed E-state index contributed by atoms with van der Waals surface area (Å²) >= 11 is 0. The van der Waals surface area contributed by atoms with Gasteiger partial charge in [0.15, 0.2) is 0 Å². The molecule has 2 heteroatoms. The van der Waals surface area contributed by atoms with Crippen molar-refractivity contribution in [3.05, 3.63) is 24.9 Å². The second kappa shape index (κ2) is 4.97. The standard InChI is InChI=1S/C9H16N2/c1-2-3-7-11-8-4-5-10-6-9-11/h2-3,7,10H,1,4-6,8-9H2. The first-order valence-electron chi connectivity index (χ1n) is 4.17. The van der Waals surface area contributed by atoms with Crippen LogP contribution in [0.4, 0.5) is 0 Å². The van der Waals surface area contributed by atoms with Gasteiger partial charge in [0.25, 0.3) is 0 Å². The maximum absolute atomic E-state index is 3.64. The van der Waals surface area contributed by atoms with Crippen molar-refractivity contribution < 1.29 is 0 Å². The number of nitrogens with zero attached hydrogens (tertiary/aromatic N) is 1. The first-order valence-corrected chi connectivity index (χ1v) is 4.17. The summed E-state index contributed by atoms with van der Waals surface area (Å²) < 4.78 is 0. The zero-order valence-corrected chi connectivity index (χ0v) is 6.92. The van der Waals surface area contributed by atoms with Crippen molar-refractivity contribution in [1.82, 2.24) is 10.2 Å². The molecule has 0 unspecified atom stereocenters. The monoisotopic (exact) mass is 152 g/mol. The molecule has 0 saturated carbocycles. The second-order valence-corrected chi connectivity index (χ2v) is 2.72. The smallest absolute Gasteiger partial charge is 0.0297 e. The van der Waals surface area contributed by atoms with E-state index in [-0.39, 0.29) is 0 Å². The minimum atomic E-state index is 1.10. The Morgan fingerprint density at radius 2 is 2.18 bits per heavy atom. The van der Waals surface area contributed by atoms with Gasteiger partial charge in [-0.1, -0.05) is 12.7 Å². The molecular weight excluding hydrogens is 136 g/mol. The molecule has 1 heterocycles. The number of hydrogen-bond acceptors (Lipinski definition) is 2. The van der Waals surface area contributed by atoms with Gasteiger partial charge < -0.3 is 10.2 Å². The normalized spacial score (nSPS) is 20.2. The molecule has 0 amide bonds. The third-order valence-corrected chi connectivity index (χ3v) is 1.81. The van der Waals surface area contributed by atoms with Crippen LogP contribution in [0.3, 0.4) is 0 Å². The molecular formula is C9H16N2. The SMILES string of the molecule is C=CC=CN1CCCNCC1. The van der Waals surface area contributed by atoms with E-state index in [2.05, 4.69) is 23.0 Å². The average Bonchev–Trinajstić information content (AvgIpc) is 2.28. The van der Waals surface area contributed by atoms with Gasteiger partial charge in [-0.2, -0.15) is 0 Å². The van der Waals surface area contributed by atoms with Crippen LogP contribution >= 0.6 is 0 Å². The van der Waals surface area contributed by atoms with Crippen LogP contribution in [-0.4, -0.2) is 31.1 Å².